The van der Waals surface area contributed by atoms with Crippen LogP contribution in [-0.4, -0.2) is 45.7 Å². The lowest BCUT2D eigenvalue weighted by molar-refractivity contribution is 0.122. The van der Waals surface area contributed by atoms with Crippen molar-refractivity contribution in [2.45, 2.75) is 30.2 Å². The predicted octanol–water partition coefficient (Wildman–Crippen LogP) is 0.441. The molecule has 9 heteroatoms. The molecule has 0 bridgehead atoms. The Balaban J connectivity index is 0.00000242. The molecule has 22 heavy (non-hydrogen) atoms. The van der Waals surface area contributed by atoms with E-state index in [1.165, 1.54) is 6.07 Å². The minimum absolute atomic E-state index is 0. The van der Waals surface area contributed by atoms with E-state index in [1.807, 2.05) is 0 Å². The SMILES string of the molecule is COCC1(CNS(=O)(=O)c2cc(C)cnc2N)CCCN1.Cl. The predicted molar refractivity (Wildman–Crippen MR) is 87.7 cm³/mol. The monoisotopic (exact) mass is 350 g/mol. The number of anilines is 1. The highest BCUT2D eigenvalue weighted by atomic mass is 35.5. The van der Waals surface area contributed by atoms with Gasteiger partial charge in [-0.2, -0.15) is 0 Å². The van der Waals surface area contributed by atoms with Crippen molar-refractivity contribution in [3.63, 3.8) is 0 Å². The maximum Gasteiger partial charge on any atom is 0.244 e. The summed E-state index contributed by atoms with van der Waals surface area (Å²) in [6, 6.07) is 1.52. The van der Waals surface area contributed by atoms with Crippen LogP contribution in [0.25, 0.3) is 0 Å². The number of hydrogen-bond acceptors (Lipinski definition) is 6. The van der Waals surface area contributed by atoms with Crippen molar-refractivity contribution >= 4 is 28.2 Å². The number of aryl methyl sites for hydroxylation is 1. The zero-order valence-electron chi connectivity index (χ0n) is 12.8. The first-order valence-corrected chi connectivity index (χ1v) is 8.33. The van der Waals surface area contributed by atoms with Gasteiger partial charge in [0, 0.05) is 19.9 Å². The van der Waals surface area contributed by atoms with Gasteiger partial charge >= 0.3 is 0 Å². The quantitative estimate of drug-likeness (QED) is 0.687. The minimum atomic E-state index is -3.69. The van der Waals surface area contributed by atoms with Crippen LogP contribution in [0.3, 0.4) is 0 Å². The second kappa shape index (κ2) is 7.56. The lowest BCUT2D eigenvalue weighted by Gasteiger charge is -2.28. The molecule has 1 saturated heterocycles. The molecule has 1 aliphatic rings. The van der Waals surface area contributed by atoms with Gasteiger partial charge in [0.25, 0.3) is 0 Å². The second-order valence-electron chi connectivity index (χ2n) is 5.46. The summed E-state index contributed by atoms with van der Waals surface area (Å²) in [5.74, 6) is 0.00766. The number of pyridine rings is 1. The molecule has 2 rings (SSSR count). The van der Waals surface area contributed by atoms with Crippen molar-refractivity contribution in [3.8, 4) is 0 Å². The number of nitrogens with zero attached hydrogens (tertiary/aromatic N) is 1. The average molecular weight is 351 g/mol. The number of nitrogen functional groups attached to an aromatic ring is 1. The van der Waals surface area contributed by atoms with Crippen molar-refractivity contribution in [1.82, 2.24) is 15.0 Å². The normalized spacial score (nSPS) is 21.5. The molecule has 1 aromatic heterocycles. The van der Waals surface area contributed by atoms with E-state index in [1.54, 1.807) is 20.2 Å². The number of ether oxygens (including phenoxy) is 1. The fraction of sp³-hybridized carbons (Fsp3) is 0.615. The molecule has 126 valence electrons. The highest BCUT2D eigenvalue weighted by Crippen LogP contribution is 2.21. The third kappa shape index (κ3) is 4.30. The van der Waals surface area contributed by atoms with Gasteiger partial charge in [-0.1, -0.05) is 0 Å². The summed E-state index contributed by atoms with van der Waals surface area (Å²) in [6.45, 7) is 3.35. The second-order valence-corrected chi connectivity index (χ2v) is 7.20. The van der Waals surface area contributed by atoms with Crippen LogP contribution >= 0.6 is 12.4 Å². The Kier molecular flexibility index (Phi) is 6.57. The van der Waals surface area contributed by atoms with Gasteiger partial charge in [-0.15, -0.1) is 12.4 Å². The maximum absolute atomic E-state index is 12.4. The van der Waals surface area contributed by atoms with E-state index in [2.05, 4.69) is 15.0 Å². The van der Waals surface area contributed by atoms with Crippen molar-refractivity contribution in [3.05, 3.63) is 17.8 Å². The Morgan fingerprint density at radius 1 is 1.55 bits per heavy atom. The van der Waals surface area contributed by atoms with E-state index in [0.29, 0.717) is 6.61 Å². The van der Waals surface area contributed by atoms with Gasteiger partial charge in [0.15, 0.2) is 0 Å². The van der Waals surface area contributed by atoms with Crippen molar-refractivity contribution in [2.24, 2.45) is 0 Å². The first kappa shape index (κ1) is 19.1. The van der Waals surface area contributed by atoms with Gasteiger partial charge in [0.05, 0.1) is 12.1 Å². The molecule has 0 aromatic carbocycles. The molecule has 1 aliphatic heterocycles. The van der Waals surface area contributed by atoms with Crippen LogP contribution in [0, 0.1) is 6.92 Å². The molecule has 2 heterocycles. The summed E-state index contributed by atoms with van der Waals surface area (Å²) in [5.41, 5.74) is 6.07. The molecule has 0 aliphatic carbocycles. The summed E-state index contributed by atoms with van der Waals surface area (Å²) in [7, 11) is -2.08. The summed E-state index contributed by atoms with van der Waals surface area (Å²) in [5, 5.41) is 3.32. The van der Waals surface area contributed by atoms with Crippen LogP contribution in [0.5, 0.6) is 0 Å². The molecule has 7 nitrogen and oxygen atoms in total. The van der Waals surface area contributed by atoms with Crippen molar-refractivity contribution in [1.29, 1.82) is 0 Å². The van der Waals surface area contributed by atoms with Gasteiger partial charge < -0.3 is 15.8 Å². The molecule has 1 fully saturated rings. The average Bonchev–Trinajstić information content (AvgIpc) is 2.89. The van der Waals surface area contributed by atoms with Crippen molar-refractivity contribution in [2.75, 3.05) is 32.5 Å². The Labute approximate surface area is 137 Å². The number of sulfonamides is 1. The van der Waals surface area contributed by atoms with E-state index >= 15 is 0 Å². The smallest absolute Gasteiger partial charge is 0.244 e. The molecule has 0 amide bonds. The molecule has 0 saturated carbocycles. The third-order valence-corrected chi connectivity index (χ3v) is 5.09. The van der Waals surface area contributed by atoms with Gasteiger partial charge in [0.1, 0.15) is 10.7 Å². The molecule has 1 aromatic rings. The summed E-state index contributed by atoms with van der Waals surface area (Å²) in [4.78, 5) is 3.92. The zero-order valence-corrected chi connectivity index (χ0v) is 14.4. The van der Waals surface area contributed by atoms with E-state index in [-0.39, 0.29) is 35.2 Å². The number of halogens is 1. The standard InChI is InChI=1S/C13H22N4O3S.ClH/c1-10-6-11(12(14)15-7-10)21(18,19)17-8-13(9-20-2)4-3-5-16-13;/h6-7,16-17H,3-5,8-9H2,1-2H3,(H2,14,15);1H. The summed E-state index contributed by atoms with van der Waals surface area (Å²) in [6.07, 6.45) is 3.41. The first-order chi connectivity index (χ1) is 9.88. The Morgan fingerprint density at radius 3 is 2.86 bits per heavy atom. The molecule has 1 atom stereocenters. The van der Waals surface area contributed by atoms with Gasteiger partial charge in [-0.3, -0.25) is 0 Å². The van der Waals surface area contributed by atoms with E-state index < -0.39 is 10.0 Å². The number of hydrogen-bond donors (Lipinski definition) is 3. The number of methoxy groups -OCH3 is 1. The molecular formula is C13H23ClN4O3S. The topological polar surface area (TPSA) is 106 Å². The zero-order chi connectivity index (χ0) is 15.5. The number of nitrogens with one attached hydrogen (secondary N) is 2. The molecule has 0 spiro atoms. The molecule has 1 unspecified atom stereocenters. The molecular weight excluding hydrogens is 328 g/mol. The molecule has 0 radical (unpaired) electrons. The summed E-state index contributed by atoms with van der Waals surface area (Å²) >= 11 is 0. The van der Waals surface area contributed by atoms with Crippen LogP contribution in [0.1, 0.15) is 18.4 Å². The van der Waals surface area contributed by atoms with Crippen LogP contribution < -0.4 is 15.8 Å². The summed E-state index contributed by atoms with van der Waals surface area (Å²) < 4.78 is 32.6. The van der Waals surface area contributed by atoms with E-state index in [4.69, 9.17) is 10.5 Å². The fourth-order valence-electron chi connectivity index (χ4n) is 2.55. The van der Waals surface area contributed by atoms with Crippen LogP contribution in [-0.2, 0) is 14.8 Å². The largest absolute Gasteiger partial charge is 0.383 e. The maximum atomic E-state index is 12.4. The number of aromatic nitrogens is 1. The number of nitrogens with two attached hydrogens (primary N) is 1. The van der Waals surface area contributed by atoms with Crippen LogP contribution in [0.15, 0.2) is 17.2 Å². The first-order valence-electron chi connectivity index (χ1n) is 6.84. The minimum Gasteiger partial charge on any atom is -0.383 e. The Bertz CT molecular complexity index is 603. The lowest BCUT2D eigenvalue weighted by atomic mass is 9.99. The fourth-order valence-corrected chi connectivity index (χ4v) is 3.84. The highest BCUT2D eigenvalue weighted by molar-refractivity contribution is 7.89. The van der Waals surface area contributed by atoms with E-state index in [9.17, 15) is 8.42 Å². The lowest BCUT2D eigenvalue weighted by Crippen LogP contribution is -2.52. The van der Waals surface area contributed by atoms with Gasteiger partial charge in [-0.05, 0) is 37.9 Å². The van der Waals surface area contributed by atoms with Crippen molar-refractivity contribution < 1.29 is 13.2 Å². The third-order valence-electron chi connectivity index (χ3n) is 3.66. The van der Waals surface area contributed by atoms with E-state index in [0.717, 1.165) is 24.9 Å². The Hall–Kier alpha value is -0.930. The number of rotatable bonds is 6. The Morgan fingerprint density at radius 2 is 2.27 bits per heavy atom. The highest BCUT2D eigenvalue weighted by Gasteiger charge is 2.35. The van der Waals surface area contributed by atoms with Gasteiger partial charge in [0.2, 0.25) is 10.0 Å². The van der Waals surface area contributed by atoms with Gasteiger partial charge in [-0.25, -0.2) is 18.1 Å². The molecule has 4 N–H and O–H groups in total. The van der Waals surface area contributed by atoms with Crippen LogP contribution in [0.2, 0.25) is 0 Å². The van der Waals surface area contributed by atoms with Crippen LogP contribution in [0.4, 0.5) is 5.82 Å².